The molecule has 0 bridgehead atoms. The van der Waals surface area contributed by atoms with Crippen LogP contribution in [0.5, 0.6) is 0 Å². The van der Waals surface area contributed by atoms with E-state index in [1.807, 2.05) is 13.8 Å². The highest BCUT2D eigenvalue weighted by molar-refractivity contribution is 7.79. The van der Waals surface area contributed by atoms with E-state index in [2.05, 4.69) is 20.8 Å². The smallest absolute Gasteiger partial charge is 0.341 e. The molecule has 0 fully saturated rings. The molecule has 37 heavy (non-hydrogen) atoms. The fourth-order valence-corrected chi connectivity index (χ4v) is 10.4. The molecule has 0 aromatic heterocycles. The predicted molar refractivity (Wildman–Crippen MR) is 153 cm³/mol. The molecule has 206 valence electrons. The fourth-order valence-electron chi connectivity index (χ4n) is 5.21. The van der Waals surface area contributed by atoms with Gasteiger partial charge in [-0.25, -0.2) is 4.79 Å². The van der Waals surface area contributed by atoms with Crippen LogP contribution in [0.2, 0.25) is 0 Å². The number of benzene rings is 1. The standard InChI is InChI=1S/C30H46NO5P/c1-7-11-18-37(19-12-8-2,20-13-9-3)27(30(35)36-10-4)26(32)25(21-22(5)6)31-28(33)23-16-14-15-17-24(23)29(31)34/h14-17,22,25H,7-13,18-21H2,1-6H3/t25-/m0/s1. The summed E-state index contributed by atoms with van der Waals surface area (Å²) in [5.74, 6) is -1.80. The fraction of sp³-hybridized carbons (Fsp3) is 0.633. The first kappa shape index (κ1) is 31.0. The van der Waals surface area contributed by atoms with Crippen molar-refractivity contribution in [3.63, 3.8) is 0 Å². The van der Waals surface area contributed by atoms with Crippen LogP contribution in [0.1, 0.15) is 107 Å². The molecular weight excluding hydrogens is 485 g/mol. The third-order valence-corrected chi connectivity index (χ3v) is 12.0. The van der Waals surface area contributed by atoms with Gasteiger partial charge in [0.15, 0.2) is 5.78 Å². The molecule has 0 spiro atoms. The number of unbranched alkanes of at least 4 members (excludes halogenated alkanes) is 3. The van der Waals surface area contributed by atoms with Gasteiger partial charge >= 0.3 is 5.97 Å². The summed E-state index contributed by atoms with van der Waals surface area (Å²) in [6.45, 7) is 10.0. The van der Waals surface area contributed by atoms with E-state index in [4.69, 9.17) is 4.74 Å². The highest BCUT2D eigenvalue weighted by atomic mass is 31.2. The average molecular weight is 532 g/mol. The maximum absolute atomic E-state index is 14.6. The Balaban J connectivity index is 2.79. The van der Waals surface area contributed by atoms with Gasteiger partial charge in [-0.15, -0.1) is 0 Å². The number of carbonyl (C=O) groups is 4. The van der Waals surface area contributed by atoms with Crippen LogP contribution < -0.4 is 0 Å². The number of hydrogen-bond donors (Lipinski definition) is 0. The molecule has 6 nitrogen and oxygen atoms in total. The van der Waals surface area contributed by atoms with E-state index in [1.165, 1.54) is 0 Å². The molecule has 0 radical (unpaired) electrons. The summed E-state index contributed by atoms with van der Waals surface area (Å²) in [7, 11) is 0. The first-order chi connectivity index (χ1) is 17.7. The van der Waals surface area contributed by atoms with Gasteiger partial charge in [0.25, 0.3) is 11.8 Å². The summed E-state index contributed by atoms with van der Waals surface area (Å²) in [5.41, 5.74) is 0.631. The summed E-state index contributed by atoms with van der Waals surface area (Å²) in [4.78, 5) is 56.3. The van der Waals surface area contributed by atoms with Crippen molar-refractivity contribution >= 4 is 35.7 Å². The molecule has 2 amide bonds. The minimum atomic E-state index is -2.21. The first-order valence-electron chi connectivity index (χ1n) is 14.1. The highest BCUT2D eigenvalue weighted by Gasteiger charge is 2.46. The number of fused-ring (bicyclic) bond motifs is 1. The van der Waals surface area contributed by atoms with E-state index in [-0.39, 0.29) is 23.6 Å². The normalized spacial score (nSPS) is 14.2. The summed E-state index contributed by atoms with van der Waals surface area (Å²) < 4.78 is 5.55. The Morgan fingerprint density at radius 3 is 1.68 bits per heavy atom. The highest BCUT2D eigenvalue weighted by Crippen LogP contribution is 2.52. The minimum absolute atomic E-state index is 0.0383. The molecule has 0 saturated carbocycles. The quantitative estimate of drug-likeness (QED) is 0.106. The molecule has 1 aromatic carbocycles. The molecule has 0 saturated heterocycles. The van der Waals surface area contributed by atoms with Crippen LogP contribution in [0.4, 0.5) is 0 Å². The second kappa shape index (κ2) is 14.7. The Morgan fingerprint density at radius 1 is 0.838 bits per heavy atom. The largest absolute Gasteiger partial charge is 0.462 e. The average Bonchev–Trinajstić information content (AvgIpc) is 3.13. The third-order valence-electron chi connectivity index (χ3n) is 7.13. The molecule has 1 aromatic rings. The topological polar surface area (TPSA) is 80.8 Å². The Hall–Kier alpha value is -2.20. The lowest BCUT2D eigenvalue weighted by Crippen LogP contribution is -2.50. The number of imide groups is 1. The maximum Gasteiger partial charge on any atom is 0.341 e. The molecule has 1 aliphatic heterocycles. The van der Waals surface area contributed by atoms with Crippen LogP contribution >= 0.6 is 6.89 Å². The number of ether oxygens (including phenoxy) is 1. The molecular formula is C30H46NO5P. The van der Waals surface area contributed by atoms with Gasteiger partial charge in [0.1, 0.15) is 11.3 Å². The molecule has 2 rings (SSSR count). The predicted octanol–water partition coefficient (Wildman–Crippen LogP) is 6.42. The van der Waals surface area contributed by atoms with Crippen molar-refractivity contribution in [2.45, 2.75) is 92.5 Å². The van der Waals surface area contributed by atoms with Crippen molar-refractivity contribution in [1.82, 2.24) is 4.90 Å². The van der Waals surface area contributed by atoms with Crippen LogP contribution in [0.15, 0.2) is 24.3 Å². The maximum atomic E-state index is 14.6. The van der Waals surface area contributed by atoms with Crippen LogP contribution in [-0.4, -0.2) is 64.9 Å². The van der Waals surface area contributed by atoms with Gasteiger partial charge in [0, 0.05) is 0 Å². The Morgan fingerprint density at radius 2 is 1.30 bits per heavy atom. The summed E-state index contributed by atoms with van der Waals surface area (Å²) in [5, 5.41) is 0.270. The number of Topliss-reactive ketones (excluding diaryl/α,β-unsaturated/α-hetero) is 1. The van der Waals surface area contributed by atoms with E-state index >= 15 is 0 Å². The molecule has 0 N–H and O–H groups in total. The number of amides is 2. The number of rotatable bonds is 16. The lowest BCUT2D eigenvalue weighted by atomic mass is 9.97. The number of hydrogen-bond acceptors (Lipinski definition) is 5. The van der Waals surface area contributed by atoms with Gasteiger partial charge in [0.05, 0.1) is 17.7 Å². The lowest BCUT2D eigenvalue weighted by Gasteiger charge is -2.33. The molecule has 1 atom stereocenters. The summed E-state index contributed by atoms with van der Waals surface area (Å²) >= 11 is 0. The zero-order chi connectivity index (χ0) is 27.6. The van der Waals surface area contributed by atoms with Gasteiger partial charge in [-0.1, -0.05) is 72.9 Å². The third kappa shape index (κ3) is 7.22. The van der Waals surface area contributed by atoms with Crippen LogP contribution in [-0.2, 0) is 14.3 Å². The minimum Gasteiger partial charge on any atom is -0.462 e. The van der Waals surface area contributed by atoms with E-state index in [0.29, 0.717) is 17.5 Å². The number of ketones is 1. The van der Waals surface area contributed by atoms with Crippen LogP contribution in [0, 0.1) is 5.92 Å². The molecule has 1 heterocycles. The van der Waals surface area contributed by atoms with E-state index < -0.39 is 30.7 Å². The first-order valence-corrected chi connectivity index (χ1v) is 16.4. The van der Waals surface area contributed by atoms with Crippen molar-refractivity contribution in [3.8, 4) is 0 Å². The SMILES string of the molecule is CCCCP(CCCC)(CCCC)=C(C(=O)OCC)C(=O)[C@H](CC(C)C)N1C(=O)c2ccccc2C1=O. The van der Waals surface area contributed by atoms with Gasteiger partial charge in [-0.3, -0.25) is 19.3 Å². The van der Waals surface area contributed by atoms with E-state index in [9.17, 15) is 19.2 Å². The van der Waals surface area contributed by atoms with Gasteiger partial charge in [-0.05, 0) is 69.1 Å². The molecule has 1 aliphatic rings. The molecule has 0 aliphatic carbocycles. The lowest BCUT2D eigenvalue weighted by molar-refractivity contribution is -0.135. The number of nitrogens with zero attached hydrogens (tertiary/aromatic N) is 1. The molecule has 7 heteroatoms. The Labute approximate surface area is 223 Å². The van der Waals surface area contributed by atoms with Crippen molar-refractivity contribution in [2.75, 3.05) is 25.1 Å². The number of carbonyl (C=O) groups excluding carboxylic acids is 4. The zero-order valence-corrected chi connectivity index (χ0v) is 24.6. The van der Waals surface area contributed by atoms with Crippen molar-refractivity contribution < 1.29 is 23.9 Å². The summed E-state index contributed by atoms with van der Waals surface area (Å²) in [6.07, 6.45) is 8.47. The van der Waals surface area contributed by atoms with E-state index in [1.54, 1.807) is 31.2 Å². The zero-order valence-electron chi connectivity index (χ0n) is 23.7. The van der Waals surface area contributed by atoms with Crippen molar-refractivity contribution in [1.29, 1.82) is 0 Å². The van der Waals surface area contributed by atoms with Crippen molar-refractivity contribution in [2.24, 2.45) is 5.92 Å². The van der Waals surface area contributed by atoms with Crippen molar-refractivity contribution in [3.05, 3.63) is 35.4 Å². The number of esters is 1. The van der Waals surface area contributed by atoms with Gasteiger partial charge in [-0.2, -0.15) is 0 Å². The second-order valence-electron chi connectivity index (χ2n) is 10.5. The van der Waals surface area contributed by atoms with Gasteiger partial charge < -0.3 is 4.74 Å². The van der Waals surface area contributed by atoms with Crippen LogP contribution in [0.25, 0.3) is 0 Å². The Bertz CT molecular complexity index is 965. The Kier molecular flexibility index (Phi) is 12.3. The monoisotopic (exact) mass is 531 g/mol. The molecule has 0 unspecified atom stereocenters. The van der Waals surface area contributed by atoms with E-state index in [0.717, 1.165) is 61.9 Å². The van der Waals surface area contributed by atoms with Gasteiger partial charge in [0.2, 0.25) is 0 Å². The second-order valence-corrected chi connectivity index (χ2v) is 14.6. The summed E-state index contributed by atoms with van der Waals surface area (Å²) in [6, 6.07) is 5.68. The van der Waals surface area contributed by atoms with Crippen LogP contribution in [0.3, 0.4) is 0 Å².